The van der Waals surface area contributed by atoms with E-state index in [1.54, 1.807) is 24.3 Å². The van der Waals surface area contributed by atoms with Crippen LogP contribution in [0.2, 0.25) is 5.15 Å². The van der Waals surface area contributed by atoms with E-state index in [0.717, 1.165) is 11.8 Å². The van der Waals surface area contributed by atoms with E-state index in [2.05, 4.69) is 11.6 Å². The van der Waals surface area contributed by atoms with Gasteiger partial charge in [-0.15, -0.1) is 6.58 Å². The Labute approximate surface area is 134 Å². The van der Waals surface area contributed by atoms with Crippen LogP contribution in [0.5, 0.6) is 11.5 Å². The monoisotopic (exact) mass is 339 g/mol. The molecule has 0 aliphatic heterocycles. The highest BCUT2D eigenvalue weighted by atomic mass is 35.5. The minimum atomic E-state index is -4.01. The molecular weight excluding hydrogens is 326 g/mol. The molecule has 0 aliphatic carbocycles. The summed E-state index contributed by atoms with van der Waals surface area (Å²) in [5.41, 5.74) is 0.935. The Kier molecular flexibility index (Phi) is 5.05. The Morgan fingerprint density at radius 3 is 2.64 bits per heavy atom. The van der Waals surface area contributed by atoms with E-state index in [1.807, 2.05) is 0 Å². The van der Waals surface area contributed by atoms with Crippen molar-refractivity contribution >= 4 is 21.7 Å². The lowest BCUT2D eigenvalue weighted by Crippen LogP contribution is -2.10. The van der Waals surface area contributed by atoms with Gasteiger partial charge in [0.15, 0.2) is 11.5 Å². The molecule has 7 heteroatoms. The summed E-state index contributed by atoms with van der Waals surface area (Å²) in [5.74, 6) is 0.426. The largest absolute Gasteiger partial charge is 0.493 e. The average molecular weight is 340 g/mol. The second-order valence-corrected chi connectivity index (χ2v) is 6.27. The van der Waals surface area contributed by atoms with Gasteiger partial charge in [-0.05, 0) is 36.2 Å². The van der Waals surface area contributed by atoms with Crippen LogP contribution in [0.3, 0.4) is 0 Å². The van der Waals surface area contributed by atoms with Crippen molar-refractivity contribution in [1.29, 1.82) is 0 Å². The Hall–Kier alpha value is -2.05. The standard InChI is InChI=1S/C15H14ClNO4S/c1-3-4-11-5-7-13(14(9-11)20-2)21-22(18,19)12-6-8-15(16)17-10-12/h3,5-10H,1,4H2,2H3. The molecule has 0 spiro atoms. The summed E-state index contributed by atoms with van der Waals surface area (Å²) in [6, 6.07) is 7.69. The highest BCUT2D eigenvalue weighted by Crippen LogP contribution is 2.31. The number of ether oxygens (including phenoxy) is 1. The third kappa shape index (κ3) is 3.78. The fraction of sp³-hybridized carbons (Fsp3) is 0.133. The van der Waals surface area contributed by atoms with Gasteiger partial charge in [0.1, 0.15) is 10.0 Å². The molecule has 0 bridgehead atoms. The van der Waals surface area contributed by atoms with Crippen LogP contribution in [-0.4, -0.2) is 20.5 Å². The number of hydrogen-bond acceptors (Lipinski definition) is 5. The first-order chi connectivity index (χ1) is 10.5. The molecule has 22 heavy (non-hydrogen) atoms. The minimum absolute atomic E-state index is 0.0888. The van der Waals surface area contributed by atoms with Crippen LogP contribution in [-0.2, 0) is 16.5 Å². The second-order valence-electron chi connectivity index (χ2n) is 4.33. The normalized spacial score (nSPS) is 11.0. The van der Waals surface area contributed by atoms with Gasteiger partial charge in [-0.3, -0.25) is 0 Å². The van der Waals surface area contributed by atoms with Crippen molar-refractivity contribution in [3.05, 3.63) is 59.9 Å². The third-order valence-corrected chi connectivity index (χ3v) is 4.24. The molecule has 0 saturated heterocycles. The predicted molar refractivity (Wildman–Crippen MR) is 84.0 cm³/mol. The molecule has 5 nitrogen and oxygen atoms in total. The maximum atomic E-state index is 12.2. The first-order valence-corrected chi connectivity index (χ1v) is 8.09. The van der Waals surface area contributed by atoms with Gasteiger partial charge >= 0.3 is 10.1 Å². The fourth-order valence-corrected chi connectivity index (χ4v) is 2.75. The summed E-state index contributed by atoms with van der Waals surface area (Å²) in [6.45, 7) is 3.65. The van der Waals surface area contributed by atoms with Crippen LogP contribution in [0.1, 0.15) is 5.56 Å². The summed E-state index contributed by atoms with van der Waals surface area (Å²) in [6.07, 6.45) is 3.52. The van der Waals surface area contributed by atoms with E-state index < -0.39 is 10.1 Å². The number of aromatic nitrogens is 1. The van der Waals surface area contributed by atoms with Crippen molar-refractivity contribution < 1.29 is 17.3 Å². The summed E-state index contributed by atoms with van der Waals surface area (Å²) in [7, 11) is -2.57. The van der Waals surface area contributed by atoms with Crippen molar-refractivity contribution in [2.24, 2.45) is 0 Å². The maximum absolute atomic E-state index is 12.2. The van der Waals surface area contributed by atoms with Gasteiger partial charge in [0, 0.05) is 0 Å². The third-order valence-electron chi connectivity index (χ3n) is 2.80. The number of rotatable bonds is 6. The number of nitrogens with zero attached hydrogens (tertiary/aromatic N) is 1. The number of benzene rings is 1. The van der Waals surface area contributed by atoms with Gasteiger partial charge in [-0.1, -0.05) is 23.7 Å². The number of allylic oxidation sites excluding steroid dienone is 1. The Morgan fingerprint density at radius 2 is 2.05 bits per heavy atom. The Bertz CT molecular complexity index is 773. The Morgan fingerprint density at radius 1 is 1.27 bits per heavy atom. The zero-order valence-electron chi connectivity index (χ0n) is 11.8. The molecule has 0 unspecified atom stereocenters. The molecule has 2 rings (SSSR count). The molecular formula is C15H14ClNO4S. The SMILES string of the molecule is C=CCc1ccc(OS(=O)(=O)c2ccc(Cl)nc2)c(OC)c1. The van der Waals surface area contributed by atoms with Gasteiger partial charge in [0.25, 0.3) is 0 Å². The summed E-state index contributed by atoms with van der Waals surface area (Å²) in [4.78, 5) is 3.64. The van der Waals surface area contributed by atoms with E-state index in [0.29, 0.717) is 12.2 Å². The van der Waals surface area contributed by atoms with Gasteiger partial charge in [0.2, 0.25) is 0 Å². The maximum Gasteiger partial charge on any atom is 0.340 e. The van der Waals surface area contributed by atoms with Crippen molar-refractivity contribution in [1.82, 2.24) is 4.98 Å². The zero-order valence-corrected chi connectivity index (χ0v) is 13.4. The van der Waals surface area contributed by atoms with Crippen molar-refractivity contribution in [3.8, 4) is 11.5 Å². The van der Waals surface area contributed by atoms with Crippen LogP contribution in [0, 0.1) is 0 Å². The van der Waals surface area contributed by atoms with Gasteiger partial charge in [-0.25, -0.2) is 4.98 Å². The Balaban J connectivity index is 2.32. The van der Waals surface area contributed by atoms with Crippen LogP contribution in [0.25, 0.3) is 0 Å². The quantitative estimate of drug-likeness (QED) is 0.459. The molecule has 0 N–H and O–H groups in total. The molecule has 0 fully saturated rings. The summed E-state index contributed by atoms with van der Waals surface area (Å²) in [5, 5.41) is 0.199. The summed E-state index contributed by atoms with van der Waals surface area (Å²) >= 11 is 5.64. The number of pyridine rings is 1. The lowest BCUT2D eigenvalue weighted by Gasteiger charge is -2.11. The molecule has 1 heterocycles. The van der Waals surface area contributed by atoms with Crippen molar-refractivity contribution in [3.63, 3.8) is 0 Å². The molecule has 1 aromatic heterocycles. The van der Waals surface area contributed by atoms with Gasteiger partial charge in [0.05, 0.1) is 13.3 Å². The lowest BCUT2D eigenvalue weighted by atomic mass is 10.1. The van der Waals surface area contributed by atoms with E-state index in [4.69, 9.17) is 20.5 Å². The van der Waals surface area contributed by atoms with Crippen LogP contribution in [0.15, 0.2) is 54.1 Å². The minimum Gasteiger partial charge on any atom is -0.493 e. The van der Waals surface area contributed by atoms with Crippen LogP contribution < -0.4 is 8.92 Å². The molecule has 0 amide bonds. The van der Waals surface area contributed by atoms with Crippen LogP contribution >= 0.6 is 11.6 Å². The molecule has 0 aliphatic rings. The fourth-order valence-electron chi connectivity index (χ4n) is 1.75. The van der Waals surface area contributed by atoms with E-state index in [-0.39, 0.29) is 15.8 Å². The molecule has 2 aromatic rings. The highest BCUT2D eigenvalue weighted by Gasteiger charge is 2.19. The lowest BCUT2D eigenvalue weighted by molar-refractivity contribution is 0.390. The molecule has 0 radical (unpaired) electrons. The zero-order chi connectivity index (χ0) is 16.2. The molecule has 0 atom stereocenters. The first-order valence-electron chi connectivity index (χ1n) is 6.30. The number of hydrogen-bond donors (Lipinski definition) is 0. The highest BCUT2D eigenvalue weighted by molar-refractivity contribution is 7.87. The second kappa shape index (κ2) is 6.81. The van der Waals surface area contributed by atoms with Crippen LogP contribution in [0.4, 0.5) is 0 Å². The van der Waals surface area contributed by atoms with Crippen molar-refractivity contribution in [2.75, 3.05) is 7.11 Å². The van der Waals surface area contributed by atoms with Gasteiger partial charge in [-0.2, -0.15) is 8.42 Å². The molecule has 1 aromatic carbocycles. The number of methoxy groups -OCH3 is 1. The number of halogens is 1. The molecule has 116 valence electrons. The predicted octanol–water partition coefficient (Wildman–Crippen LogP) is 3.24. The van der Waals surface area contributed by atoms with E-state index in [1.165, 1.54) is 19.2 Å². The van der Waals surface area contributed by atoms with E-state index >= 15 is 0 Å². The topological polar surface area (TPSA) is 65.5 Å². The van der Waals surface area contributed by atoms with Crippen molar-refractivity contribution in [2.45, 2.75) is 11.3 Å². The summed E-state index contributed by atoms with van der Waals surface area (Å²) < 4.78 is 34.7. The van der Waals surface area contributed by atoms with E-state index in [9.17, 15) is 8.42 Å². The smallest absolute Gasteiger partial charge is 0.340 e. The molecule has 0 saturated carbocycles. The first kappa shape index (κ1) is 16.3. The van der Waals surface area contributed by atoms with Gasteiger partial charge < -0.3 is 8.92 Å². The average Bonchev–Trinajstić information content (AvgIpc) is 2.49.